The number of pyridine rings is 1. The highest BCUT2D eigenvalue weighted by Gasteiger charge is 2.03. The third kappa shape index (κ3) is 1.90. The minimum absolute atomic E-state index is 0.433. The Labute approximate surface area is 88.8 Å². The van der Waals surface area contributed by atoms with Crippen molar-refractivity contribution in [2.24, 2.45) is 0 Å². The van der Waals surface area contributed by atoms with E-state index in [4.69, 9.17) is 0 Å². The minimum atomic E-state index is 0.433. The standard InChI is InChI=1S/C8H6BrN5/c1-5-11-13-8(14-12-5)7-3-2-6(9)4-10-7/h2-4H,1H3. The molecule has 0 aromatic carbocycles. The molecule has 0 fully saturated rings. The van der Waals surface area contributed by atoms with Gasteiger partial charge in [0.15, 0.2) is 5.82 Å². The topological polar surface area (TPSA) is 64.5 Å². The van der Waals surface area contributed by atoms with Crippen LogP contribution >= 0.6 is 15.9 Å². The molecule has 2 aromatic heterocycles. The van der Waals surface area contributed by atoms with E-state index in [1.165, 1.54) is 0 Å². The van der Waals surface area contributed by atoms with Crippen LogP contribution < -0.4 is 0 Å². The molecule has 0 bridgehead atoms. The fourth-order valence-corrected chi connectivity index (χ4v) is 1.12. The number of nitrogens with zero attached hydrogens (tertiary/aromatic N) is 5. The first-order chi connectivity index (χ1) is 6.75. The Hall–Kier alpha value is -1.43. The minimum Gasteiger partial charge on any atom is -0.252 e. The summed E-state index contributed by atoms with van der Waals surface area (Å²) < 4.78 is 0.911. The fraction of sp³-hybridized carbons (Fsp3) is 0.125. The Morgan fingerprint density at radius 3 is 2.36 bits per heavy atom. The molecule has 0 N–H and O–H groups in total. The number of rotatable bonds is 1. The first kappa shape index (κ1) is 9.14. The van der Waals surface area contributed by atoms with E-state index in [1.54, 1.807) is 19.2 Å². The lowest BCUT2D eigenvalue weighted by molar-refractivity contribution is 0.812. The van der Waals surface area contributed by atoms with E-state index in [0.717, 1.165) is 4.47 Å². The lowest BCUT2D eigenvalue weighted by Crippen LogP contribution is -1.99. The molecule has 0 atom stereocenters. The molecule has 0 amide bonds. The molecule has 2 aromatic rings. The van der Waals surface area contributed by atoms with E-state index in [9.17, 15) is 0 Å². The van der Waals surface area contributed by atoms with Crippen LogP contribution in [0.25, 0.3) is 11.5 Å². The van der Waals surface area contributed by atoms with E-state index in [1.807, 2.05) is 6.07 Å². The van der Waals surface area contributed by atoms with Crippen molar-refractivity contribution in [3.63, 3.8) is 0 Å². The van der Waals surface area contributed by atoms with Gasteiger partial charge < -0.3 is 0 Å². The van der Waals surface area contributed by atoms with Gasteiger partial charge in [0, 0.05) is 10.7 Å². The third-order valence-corrected chi connectivity index (χ3v) is 2.00. The van der Waals surface area contributed by atoms with Gasteiger partial charge in [0.2, 0.25) is 5.82 Å². The van der Waals surface area contributed by atoms with E-state index < -0.39 is 0 Å². The van der Waals surface area contributed by atoms with Crippen molar-refractivity contribution in [1.29, 1.82) is 0 Å². The molecule has 2 rings (SSSR count). The van der Waals surface area contributed by atoms with Crippen molar-refractivity contribution in [1.82, 2.24) is 25.4 Å². The second-order valence-electron chi connectivity index (χ2n) is 2.63. The maximum Gasteiger partial charge on any atom is 0.221 e. The summed E-state index contributed by atoms with van der Waals surface area (Å²) in [7, 11) is 0. The number of halogens is 1. The Bertz CT molecular complexity index is 381. The van der Waals surface area contributed by atoms with Gasteiger partial charge in [-0.15, -0.1) is 20.4 Å². The molecular formula is C8H6BrN5. The molecule has 0 aliphatic carbocycles. The van der Waals surface area contributed by atoms with Gasteiger partial charge in [-0.1, -0.05) is 0 Å². The predicted molar refractivity (Wildman–Crippen MR) is 53.3 cm³/mol. The van der Waals surface area contributed by atoms with Gasteiger partial charge in [0.05, 0.1) is 0 Å². The Balaban J connectivity index is 2.40. The van der Waals surface area contributed by atoms with Gasteiger partial charge in [-0.2, -0.15) is 0 Å². The molecule has 0 unspecified atom stereocenters. The summed E-state index contributed by atoms with van der Waals surface area (Å²) in [5.41, 5.74) is 0.660. The van der Waals surface area contributed by atoms with Crippen LogP contribution in [0.1, 0.15) is 5.82 Å². The Morgan fingerprint density at radius 1 is 1.07 bits per heavy atom. The van der Waals surface area contributed by atoms with E-state index in [-0.39, 0.29) is 0 Å². The molecule has 2 heterocycles. The molecule has 0 aliphatic rings. The third-order valence-electron chi connectivity index (χ3n) is 1.54. The van der Waals surface area contributed by atoms with Crippen LogP contribution in [-0.4, -0.2) is 25.4 Å². The highest BCUT2D eigenvalue weighted by molar-refractivity contribution is 9.10. The Morgan fingerprint density at radius 2 is 1.79 bits per heavy atom. The smallest absolute Gasteiger partial charge is 0.221 e. The van der Waals surface area contributed by atoms with Crippen LogP contribution in [-0.2, 0) is 0 Å². The number of hydrogen-bond donors (Lipinski definition) is 0. The van der Waals surface area contributed by atoms with Crippen LogP contribution in [0.5, 0.6) is 0 Å². The molecule has 0 radical (unpaired) electrons. The number of aryl methyl sites for hydroxylation is 1. The molecule has 0 aliphatic heterocycles. The molecule has 0 spiro atoms. The summed E-state index contributed by atoms with van der Waals surface area (Å²) in [4.78, 5) is 4.13. The highest BCUT2D eigenvalue weighted by Crippen LogP contribution is 2.13. The second kappa shape index (κ2) is 3.75. The first-order valence-electron chi connectivity index (χ1n) is 3.91. The molecule has 70 valence electrons. The fourth-order valence-electron chi connectivity index (χ4n) is 0.890. The average Bonchev–Trinajstić information content (AvgIpc) is 2.21. The maximum atomic E-state index is 4.13. The van der Waals surface area contributed by atoms with Crippen molar-refractivity contribution in [2.75, 3.05) is 0 Å². The lowest BCUT2D eigenvalue weighted by atomic mass is 10.3. The molecular weight excluding hydrogens is 246 g/mol. The largest absolute Gasteiger partial charge is 0.252 e. The van der Waals surface area contributed by atoms with Crippen molar-refractivity contribution in [2.45, 2.75) is 6.92 Å². The van der Waals surface area contributed by atoms with Crippen molar-refractivity contribution in [3.05, 3.63) is 28.6 Å². The number of hydrogen-bond acceptors (Lipinski definition) is 5. The van der Waals surface area contributed by atoms with Gasteiger partial charge in [-0.25, -0.2) is 0 Å². The predicted octanol–water partition coefficient (Wildman–Crippen LogP) is 1.40. The zero-order chi connectivity index (χ0) is 9.97. The van der Waals surface area contributed by atoms with Gasteiger partial charge in [-0.05, 0) is 35.0 Å². The van der Waals surface area contributed by atoms with Crippen molar-refractivity contribution in [3.8, 4) is 11.5 Å². The number of aromatic nitrogens is 5. The van der Waals surface area contributed by atoms with Crippen molar-refractivity contribution >= 4 is 15.9 Å². The zero-order valence-electron chi connectivity index (χ0n) is 7.35. The maximum absolute atomic E-state index is 4.13. The van der Waals surface area contributed by atoms with Crippen LogP contribution in [0.2, 0.25) is 0 Å². The van der Waals surface area contributed by atoms with Crippen LogP contribution in [0, 0.1) is 6.92 Å². The lowest BCUT2D eigenvalue weighted by Gasteiger charge is -1.96. The summed E-state index contributed by atoms with van der Waals surface area (Å²) in [5, 5.41) is 15.4. The monoisotopic (exact) mass is 251 g/mol. The molecule has 5 nitrogen and oxygen atoms in total. The zero-order valence-corrected chi connectivity index (χ0v) is 8.93. The summed E-state index contributed by atoms with van der Waals surface area (Å²) in [6, 6.07) is 3.67. The SMILES string of the molecule is Cc1nnc(-c2ccc(Br)cn2)nn1. The van der Waals surface area contributed by atoms with E-state index >= 15 is 0 Å². The Kier molecular flexibility index (Phi) is 2.45. The van der Waals surface area contributed by atoms with Gasteiger partial charge in [0.1, 0.15) is 5.69 Å². The first-order valence-corrected chi connectivity index (χ1v) is 4.71. The quantitative estimate of drug-likeness (QED) is 0.767. The van der Waals surface area contributed by atoms with Crippen LogP contribution in [0.3, 0.4) is 0 Å². The van der Waals surface area contributed by atoms with Crippen LogP contribution in [0.4, 0.5) is 0 Å². The van der Waals surface area contributed by atoms with E-state index in [0.29, 0.717) is 17.3 Å². The molecule has 6 heteroatoms. The summed E-state index contributed by atoms with van der Waals surface area (Å²) >= 11 is 3.30. The van der Waals surface area contributed by atoms with E-state index in [2.05, 4.69) is 41.3 Å². The van der Waals surface area contributed by atoms with Crippen LogP contribution in [0.15, 0.2) is 22.8 Å². The summed E-state index contributed by atoms with van der Waals surface area (Å²) in [6.45, 7) is 1.73. The van der Waals surface area contributed by atoms with Gasteiger partial charge in [0.25, 0.3) is 0 Å². The summed E-state index contributed by atoms with van der Waals surface area (Å²) in [6.07, 6.45) is 1.68. The van der Waals surface area contributed by atoms with Gasteiger partial charge >= 0.3 is 0 Å². The molecule has 0 saturated heterocycles. The summed E-state index contributed by atoms with van der Waals surface area (Å²) in [5.74, 6) is 0.981. The van der Waals surface area contributed by atoms with Gasteiger partial charge in [-0.3, -0.25) is 4.98 Å². The normalized spacial score (nSPS) is 10.1. The highest BCUT2D eigenvalue weighted by atomic mass is 79.9. The van der Waals surface area contributed by atoms with Crippen molar-refractivity contribution < 1.29 is 0 Å². The molecule has 14 heavy (non-hydrogen) atoms. The average molecular weight is 252 g/mol. The second-order valence-corrected chi connectivity index (χ2v) is 3.55. The molecule has 0 saturated carbocycles.